The molecule has 5 rings (SSSR count). The summed E-state index contributed by atoms with van der Waals surface area (Å²) in [5.41, 5.74) is 1.36. The van der Waals surface area contributed by atoms with Crippen LogP contribution in [0.2, 0.25) is 0 Å². The molecule has 0 bridgehead atoms. The van der Waals surface area contributed by atoms with Crippen LogP contribution in [0.25, 0.3) is 22.4 Å². The van der Waals surface area contributed by atoms with E-state index in [4.69, 9.17) is 9.26 Å². The lowest BCUT2D eigenvalue weighted by Gasteiger charge is -2.33. The van der Waals surface area contributed by atoms with Crippen LogP contribution in [0.1, 0.15) is 27.5 Å². The number of alkyl halides is 4. The van der Waals surface area contributed by atoms with Crippen molar-refractivity contribution in [3.8, 4) is 11.5 Å². The molecule has 1 aliphatic heterocycles. The number of methoxy groups -OCH3 is 1. The minimum Gasteiger partial charge on any atom is -0.379 e. The van der Waals surface area contributed by atoms with Gasteiger partial charge in [-0.25, -0.2) is 4.39 Å². The molecule has 14 heteroatoms. The lowest BCUT2D eigenvalue weighted by Crippen LogP contribution is -2.46. The van der Waals surface area contributed by atoms with E-state index in [1.165, 1.54) is 11.3 Å². The van der Waals surface area contributed by atoms with E-state index in [0.717, 1.165) is 9.44 Å². The predicted octanol–water partition coefficient (Wildman–Crippen LogP) is 4.85. The summed E-state index contributed by atoms with van der Waals surface area (Å²) >= 11 is 1.39. The van der Waals surface area contributed by atoms with Crippen LogP contribution < -0.4 is 10.6 Å². The van der Waals surface area contributed by atoms with Gasteiger partial charge in [0.1, 0.15) is 12.7 Å². The number of rotatable bonds is 9. The van der Waals surface area contributed by atoms with Crippen LogP contribution in [0.15, 0.2) is 40.2 Å². The van der Waals surface area contributed by atoms with E-state index >= 15 is 0 Å². The third-order valence-corrected chi connectivity index (χ3v) is 7.58. The standard InChI is InChI=1S/C26H28F4N6O3S/c1-35-7-6-20(18(27)11-35)32-19-4-3-5-21-17(19)9-22(36(21)14-26(28,29)30)24-33-23(39-34-24)10-31-25(37)15-8-16(12-38-2)40-13-15/h3-5,8-9,13,18,20,32H,6-7,10-12,14H2,1-2H3,(H,31,37)/t18-,20+/m0/s1. The molecule has 4 heterocycles. The Labute approximate surface area is 231 Å². The van der Waals surface area contributed by atoms with Crippen LogP contribution in [-0.4, -0.2) is 71.2 Å². The van der Waals surface area contributed by atoms with Gasteiger partial charge in [0, 0.05) is 41.5 Å². The highest BCUT2D eigenvalue weighted by Crippen LogP contribution is 2.35. The van der Waals surface area contributed by atoms with Crippen LogP contribution in [0.4, 0.5) is 23.2 Å². The smallest absolute Gasteiger partial charge is 0.379 e. The van der Waals surface area contributed by atoms with Crippen molar-refractivity contribution in [2.24, 2.45) is 0 Å². The Morgan fingerprint density at radius 1 is 1.30 bits per heavy atom. The van der Waals surface area contributed by atoms with Gasteiger partial charge in [-0.05, 0) is 37.7 Å². The molecular formula is C26H28F4N6O3S. The number of amides is 1. The van der Waals surface area contributed by atoms with Crippen LogP contribution in [0.3, 0.4) is 0 Å². The molecular weight excluding hydrogens is 552 g/mol. The van der Waals surface area contributed by atoms with Crippen LogP contribution in [-0.2, 0) is 24.4 Å². The van der Waals surface area contributed by atoms with Gasteiger partial charge in [-0.15, -0.1) is 11.3 Å². The van der Waals surface area contributed by atoms with Crippen molar-refractivity contribution < 1.29 is 31.6 Å². The molecule has 0 aliphatic carbocycles. The zero-order valence-electron chi connectivity index (χ0n) is 21.8. The number of nitrogens with zero attached hydrogens (tertiary/aromatic N) is 4. The molecule has 0 unspecified atom stereocenters. The Morgan fingerprint density at radius 2 is 2.12 bits per heavy atom. The highest BCUT2D eigenvalue weighted by Gasteiger charge is 2.32. The zero-order valence-corrected chi connectivity index (χ0v) is 22.6. The number of thiophene rings is 1. The Hall–Kier alpha value is -3.49. The summed E-state index contributed by atoms with van der Waals surface area (Å²) in [5.74, 6) is -0.388. The van der Waals surface area contributed by atoms with Gasteiger partial charge in [0.2, 0.25) is 11.7 Å². The number of fused-ring (bicyclic) bond motifs is 1. The lowest BCUT2D eigenvalue weighted by atomic mass is 10.0. The van der Waals surface area contributed by atoms with Crippen molar-refractivity contribution in [1.82, 2.24) is 24.9 Å². The zero-order chi connectivity index (χ0) is 28.4. The number of hydrogen-bond acceptors (Lipinski definition) is 8. The number of anilines is 1. The number of carbonyl (C=O) groups excluding carboxylic acids is 1. The first-order chi connectivity index (χ1) is 19.1. The van der Waals surface area contributed by atoms with Gasteiger partial charge in [-0.2, -0.15) is 18.2 Å². The third-order valence-electron chi connectivity index (χ3n) is 6.67. The molecule has 3 aromatic heterocycles. The van der Waals surface area contributed by atoms with E-state index in [0.29, 0.717) is 41.7 Å². The summed E-state index contributed by atoms with van der Waals surface area (Å²) in [7, 11) is 3.41. The maximum Gasteiger partial charge on any atom is 0.406 e. The molecule has 40 heavy (non-hydrogen) atoms. The fourth-order valence-electron chi connectivity index (χ4n) is 4.77. The Morgan fingerprint density at radius 3 is 2.88 bits per heavy atom. The number of aromatic nitrogens is 3. The Balaban J connectivity index is 1.40. The van der Waals surface area contributed by atoms with Gasteiger partial charge >= 0.3 is 6.18 Å². The highest BCUT2D eigenvalue weighted by molar-refractivity contribution is 7.10. The van der Waals surface area contributed by atoms with Gasteiger partial charge in [0.15, 0.2) is 0 Å². The predicted molar refractivity (Wildman–Crippen MR) is 142 cm³/mol. The topological polar surface area (TPSA) is 97.4 Å². The van der Waals surface area contributed by atoms with Gasteiger partial charge in [-0.1, -0.05) is 11.2 Å². The van der Waals surface area contributed by atoms with Crippen molar-refractivity contribution in [2.75, 3.05) is 32.6 Å². The van der Waals surface area contributed by atoms with E-state index < -0.39 is 24.9 Å². The van der Waals surface area contributed by atoms with Crippen molar-refractivity contribution >= 4 is 33.8 Å². The molecule has 1 fully saturated rings. The fourth-order valence-corrected chi connectivity index (χ4v) is 5.60. The summed E-state index contributed by atoms with van der Waals surface area (Å²) in [6.07, 6.45) is -5.09. The van der Waals surface area contributed by atoms with Crippen LogP contribution >= 0.6 is 11.3 Å². The number of benzene rings is 1. The first-order valence-corrected chi connectivity index (χ1v) is 13.4. The van der Waals surface area contributed by atoms with E-state index in [1.807, 2.05) is 11.9 Å². The molecule has 1 aromatic carbocycles. The molecule has 1 saturated heterocycles. The lowest BCUT2D eigenvalue weighted by molar-refractivity contribution is -0.139. The van der Waals surface area contributed by atoms with Gasteiger partial charge < -0.3 is 29.4 Å². The van der Waals surface area contributed by atoms with E-state index in [9.17, 15) is 22.4 Å². The molecule has 0 saturated carbocycles. The fraction of sp³-hybridized carbons (Fsp3) is 0.423. The van der Waals surface area contributed by atoms with Crippen molar-refractivity contribution in [2.45, 2.75) is 44.5 Å². The van der Waals surface area contributed by atoms with Crippen molar-refractivity contribution in [1.29, 1.82) is 0 Å². The SMILES string of the molecule is COCc1cc(C(=O)NCc2nc(-c3cc4c(N[C@@H]5CCN(C)C[C@@H]5F)cccc4n3CC(F)(F)F)no2)cs1. The number of nitrogens with one attached hydrogen (secondary N) is 2. The van der Waals surface area contributed by atoms with Crippen molar-refractivity contribution in [3.05, 3.63) is 52.0 Å². The maximum absolute atomic E-state index is 14.7. The second-order valence-electron chi connectivity index (χ2n) is 9.72. The summed E-state index contributed by atoms with van der Waals surface area (Å²) in [4.78, 5) is 19.5. The van der Waals surface area contributed by atoms with Gasteiger partial charge in [0.25, 0.3) is 5.91 Å². The van der Waals surface area contributed by atoms with E-state index in [2.05, 4.69) is 20.8 Å². The Kier molecular flexibility index (Phi) is 8.10. The number of piperidine rings is 1. The molecule has 9 nitrogen and oxygen atoms in total. The monoisotopic (exact) mass is 580 g/mol. The molecule has 214 valence electrons. The maximum atomic E-state index is 14.7. The molecule has 0 spiro atoms. The number of ether oxygens (including phenoxy) is 1. The number of halogens is 4. The summed E-state index contributed by atoms with van der Waals surface area (Å²) in [6, 6.07) is 7.70. The average molecular weight is 581 g/mol. The molecule has 1 amide bonds. The minimum atomic E-state index is -4.52. The summed E-state index contributed by atoms with van der Waals surface area (Å²) < 4.78 is 66.9. The Bertz CT molecular complexity index is 1480. The summed E-state index contributed by atoms with van der Waals surface area (Å²) in [5, 5.41) is 11.9. The number of hydrogen-bond donors (Lipinski definition) is 2. The molecule has 2 atom stereocenters. The van der Waals surface area contributed by atoms with Crippen LogP contribution in [0.5, 0.6) is 0 Å². The third kappa shape index (κ3) is 6.29. The van der Waals surface area contributed by atoms with E-state index in [1.54, 1.807) is 42.8 Å². The van der Waals surface area contributed by atoms with Crippen molar-refractivity contribution in [3.63, 3.8) is 0 Å². The van der Waals surface area contributed by atoms with Gasteiger partial charge in [0.05, 0.1) is 36.0 Å². The molecule has 2 N–H and O–H groups in total. The number of carbonyl (C=O) groups is 1. The second kappa shape index (κ2) is 11.6. The van der Waals surface area contributed by atoms with E-state index in [-0.39, 0.29) is 36.4 Å². The second-order valence-corrected chi connectivity index (χ2v) is 10.7. The molecule has 0 radical (unpaired) electrons. The number of likely N-dealkylation sites (tertiary alicyclic amines) is 1. The summed E-state index contributed by atoms with van der Waals surface area (Å²) in [6.45, 7) is -0.0197. The van der Waals surface area contributed by atoms with Gasteiger partial charge in [-0.3, -0.25) is 4.79 Å². The largest absolute Gasteiger partial charge is 0.406 e. The minimum absolute atomic E-state index is 0.0319. The average Bonchev–Trinajstić information content (AvgIpc) is 3.63. The highest BCUT2D eigenvalue weighted by atomic mass is 32.1. The quantitative estimate of drug-likeness (QED) is 0.274. The molecule has 4 aromatic rings. The molecule has 1 aliphatic rings. The first-order valence-electron chi connectivity index (χ1n) is 12.6. The first kappa shape index (κ1) is 28.1. The normalized spacial score (nSPS) is 18.4. The van der Waals surface area contributed by atoms with Crippen LogP contribution in [0, 0.1) is 0 Å².